The number of ether oxygens (including phenoxy) is 5. The highest BCUT2D eigenvalue weighted by molar-refractivity contribution is 5.43. The number of aliphatic hydroxyl groups is 6. The summed E-state index contributed by atoms with van der Waals surface area (Å²) in [6, 6.07) is 5.14. The Balaban J connectivity index is 1.68. The van der Waals surface area contributed by atoms with Crippen LogP contribution in [0.4, 0.5) is 0 Å². The van der Waals surface area contributed by atoms with Crippen molar-refractivity contribution in [3.05, 3.63) is 36.4 Å². The summed E-state index contributed by atoms with van der Waals surface area (Å²) in [5, 5.41) is 60.8. The van der Waals surface area contributed by atoms with Crippen molar-refractivity contribution in [1.82, 2.24) is 0 Å². The molecule has 6 N–H and O–H groups in total. The summed E-state index contributed by atoms with van der Waals surface area (Å²) in [6.45, 7) is 4.81. The highest BCUT2D eigenvalue weighted by Gasteiger charge is 2.47. The van der Waals surface area contributed by atoms with E-state index in [1.807, 2.05) is 0 Å². The molecule has 0 amide bonds. The van der Waals surface area contributed by atoms with Crippen LogP contribution in [0.2, 0.25) is 0 Å². The topological polar surface area (TPSA) is 168 Å². The minimum absolute atomic E-state index is 0.245. The molecule has 0 aliphatic carbocycles. The van der Waals surface area contributed by atoms with E-state index in [-0.39, 0.29) is 12.4 Å². The molecular weight excluding hydrogens is 440 g/mol. The summed E-state index contributed by atoms with van der Waals surface area (Å²) in [6.07, 6.45) is -11.4. The molecule has 2 aliphatic heterocycles. The Hall–Kier alpha value is -1.80. The third-order valence-electron chi connectivity index (χ3n) is 5.75. The van der Waals surface area contributed by atoms with Crippen LogP contribution < -0.4 is 9.47 Å². The second-order valence-electron chi connectivity index (χ2n) is 8.13. The van der Waals surface area contributed by atoms with Crippen molar-refractivity contribution >= 4 is 0 Å². The van der Waals surface area contributed by atoms with Gasteiger partial charge in [0.15, 0.2) is 17.8 Å². The van der Waals surface area contributed by atoms with Gasteiger partial charge in [0.05, 0.1) is 19.8 Å². The summed E-state index contributed by atoms with van der Waals surface area (Å²) in [4.78, 5) is 0. The van der Waals surface area contributed by atoms with E-state index in [1.54, 1.807) is 24.3 Å². The van der Waals surface area contributed by atoms with E-state index >= 15 is 0 Å². The Kier molecular flexibility index (Phi) is 8.67. The average Bonchev–Trinajstić information content (AvgIpc) is 2.81. The smallest absolute Gasteiger partial charge is 0.229 e. The van der Waals surface area contributed by atoms with Crippen LogP contribution >= 0.6 is 0 Å². The second-order valence-corrected chi connectivity index (χ2v) is 8.13. The lowest BCUT2D eigenvalue weighted by Crippen LogP contribution is -2.61. The summed E-state index contributed by atoms with van der Waals surface area (Å²) < 4.78 is 27.5. The van der Waals surface area contributed by atoms with Crippen molar-refractivity contribution in [2.75, 3.05) is 13.7 Å². The van der Waals surface area contributed by atoms with Gasteiger partial charge < -0.3 is 54.3 Å². The third-order valence-corrected chi connectivity index (χ3v) is 5.75. The molecule has 2 heterocycles. The molecule has 1 aromatic rings. The summed E-state index contributed by atoms with van der Waals surface area (Å²) in [5.74, 6) is 0.619. The minimum atomic E-state index is -1.62. The lowest BCUT2D eigenvalue weighted by atomic mass is 9.98. The molecule has 11 heteroatoms. The number of allylic oxidation sites excluding steroid dienone is 1. The van der Waals surface area contributed by atoms with E-state index in [4.69, 9.17) is 23.7 Å². The van der Waals surface area contributed by atoms with Crippen LogP contribution in [0.15, 0.2) is 30.9 Å². The Bertz CT molecular complexity index is 790. The Morgan fingerprint density at radius 1 is 0.879 bits per heavy atom. The zero-order valence-corrected chi connectivity index (χ0v) is 18.4. The molecule has 2 saturated heterocycles. The molecule has 33 heavy (non-hydrogen) atoms. The van der Waals surface area contributed by atoms with Gasteiger partial charge >= 0.3 is 0 Å². The third kappa shape index (κ3) is 5.65. The molecule has 11 nitrogen and oxygen atoms in total. The maximum absolute atomic E-state index is 10.4. The van der Waals surface area contributed by atoms with Gasteiger partial charge in [0.2, 0.25) is 6.29 Å². The lowest BCUT2D eigenvalue weighted by molar-refractivity contribution is -0.318. The number of hydrogen-bond acceptors (Lipinski definition) is 11. The minimum Gasteiger partial charge on any atom is -0.493 e. The quantitative estimate of drug-likeness (QED) is 0.243. The molecule has 3 rings (SSSR count). The van der Waals surface area contributed by atoms with Gasteiger partial charge in [-0.3, -0.25) is 0 Å². The van der Waals surface area contributed by atoms with Crippen molar-refractivity contribution in [2.45, 2.75) is 74.8 Å². The number of hydrogen-bond donors (Lipinski definition) is 6. The van der Waals surface area contributed by atoms with Crippen molar-refractivity contribution in [1.29, 1.82) is 0 Å². The second kappa shape index (κ2) is 11.1. The zero-order valence-electron chi connectivity index (χ0n) is 18.4. The standard InChI is InChI=1S/C22H32O11/c1-4-5-11-6-7-12(13(8-11)29-3)32-22-20(28)18(26)16(24)14(33-22)9-30-21-19(27)17(25)15(23)10(2)31-21/h4,6-8,10,14-28H,1,5,9H2,2-3H3/t10-,14-,15-,16-,17+,18+,19-,20-,21-,22-/m0/s1. The van der Waals surface area contributed by atoms with Crippen molar-refractivity contribution in [2.24, 2.45) is 0 Å². The number of benzene rings is 1. The largest absolute Gasteiger partial charge is 0.493 e. The van der Waals surface area contributed by atoms with Crippen LogP contribution in [0.5, 0.6) is 11.5 Å². The molecule has 0 spiro atoms. The van der Waals surface area contributed by atoms with Gasteiger partial charge in [-0.1, -0.05) is 12.1 Å². The molecule has 0 radical (unpaired) electrons. The first-order valence-corrected chi connectivity index (χ1v) is 10.6. The average molecular weight is 472 g/mol. The van der Waals surface area contributed by atoms with Gasteiger partial charge in [-0.15, -0.1) is 6.58 Å². The molecule has 0 saturated carbocycles. The van der Waals surface area contributed by atoms with Crippen LogP contribution in [0, 0.1) is 0 Å². The Morgan fingerprint density at radius 3 is 2.21 bits per heavy atom. The fraction of sp³-hybridized carbons (Fsp3) is 0.636. The fourth-order valence-corrected chi connectivity index (χ4v) is 3.72. The summed E-state index contributed by atoms with van der Waals surface area (Å²) in [5.41, 5.74) is 0.925. The highest BCUT2D eigenvalue weighted by Crippen LogP contribution is 2.32. The normalized spacial score (nSPS) is 39.2. The molecular formula is C22H32O11. The predicted molar refractivity (Wildman–Crippen MR) is 113 cm³/mol. The Morgan fingerprint density at radius 2 is 1.55 bits per heavy atom. The molecule has 186 valence electrons. The molecule has 0 bridgehead atoms. The van der Waals surface area contributed by atoms with Gasteiger partial charge in [-0.05, 0) is 31.0 Å². The van der Waals surface area contributed by atoms with Gasteiger partial charge in [-0.25, -0.2) is 0 Å². The molecule has 0 aromatic heterocycles. The van der Waals surface area contributed by atoms with Crippen LogP contribution in [0.25, 0.3) is 0 Å². The monoisotopic (exact) mass is 472 g/mol. The van der Waals surface area contributed by atoms with Gasteiger partial charge in [0, 0.05) is 0 Å². The van der Waals surface area contributed by atoms with Crippen LogP contribution in [0.3, 0.4) is 0 Å². The SMILES string of the molecule is C=CCc1ccc(O[C@H]2O[C@@H](CO[C@H]3O[C@@H](C)[C@H](O)[C@@H](O)[C@@H]3O)[C@H](O)[C@@H](O)[C@@H]2O)c(OC)c1. The van der Waals surface area contributed by atoms with Gasteiger partial charge in [0.1, 0.15) is 42.7 Å². The number of methoxy groups -OCH3 is 1. The van der Waals surface area contributed by atoms with E-state index in [0.29, 0.717) is 12.2 Å². The summed E-state index contributed by atoms with van der Waals surface area (Å²) >= 11 is 0. The number of rotatable bonds is 8. The van der Waals surface area contributed by atoms with Crippen molar-refractivity contribution in [3.8, 4) is 11.5 Å². The maximum Gasteiger partial charge on any atom is 0.229 e. The van der Waals surface area contributed by atoms with E-state index in [9.17, 15) is 30.6 Å². The molecule has 0 unspecified atom stereocenters. The highest BCUT2D eigenvalue weighted by atomic mass is 16.7. The van der Waals surface area contributed by atoms with Crippen molar-refractivity contribution < 1.29 is 54.3 Å². The lowest BCUT2D eigenvalue weighted by Gasteiger charge is -2.42. The first-order valence-electron chi connectivity index (χ1n) is 10.6. The predicted octanol–water partition coefficient (Wildman–Crippen LogP) is -1.55. The first-order chi connectivity index (χ1) is 15.7. The Labute approximate surface area is 191 Å². The van der Waals surface area contributed by atoms with E-state index < -0.39 is 61.4 Å². The van der Waals surface area contributed by atoms with Gasteiger partial charge in [0.25, 0.3) is 0 Å². The van der Waals surface area contributed by atoms with Crippen LogP contribution in [-0.2, 0) is 20.6 Å². The molecule has 10 atom stereocenters. The van der Waals surface area contributed by atoms with E-state index in [2.05, 4.69) is 6.58 Å². The van der Waals surface area contributed by atoms with E-state index in [0.717, 1.165) is 5.56 Å². The zero-order chi connectivity index (χ0) is 24.3. The van der Waals surface area contributed by atoms with Gasteiger partial charge in [-0.2, -0.15) is 0 Å². The molecule has 1 aromatic carbocycles. The first kappa shape index (κ1) is 25.8. The van der Waals surface area contributed by atoms with E-state index in [1.165, 1.54) is 14.0 Å². The maximum atomic E-state index is 10.4. The van der Waals surface area contributed by atoms with Crippen LogP contribution in [-0.4, -0.2) is 106 Å². The molecule has 2 aliphatic rings. The van der Waals surface area contributed by atoms with Crippen LogP contribution in [0.1, 0.15) is 12.5 Å². The fourth-order valence-electron chi connectivity index (χ4n) is 3.72. The summed E-state index contributed by atoms with van der Waals surface area (Å²) in [7, 11) is 1.45. The number of aliphatic hydroxyl groups excluding tert-OH is 6. The van der Waals surface area contributed by atoms with Crippen molar-refractivity contribution in [3.63, 3.8) is 0 Å². The molecule has 2 fully saturated rings.